The molecule has 2 N–H and O–H groups in total. The molecule has 0 spiro atoms. The molecule has 0 bridgehead atoms. The molecule has 0 unspecified atom stereocenters. The van der Waals surface area contributed by atoms with Crippen molar-refractivity contribution in [1.82, 2.24) is 24.5 Å². The summed E-state index contributed by atoms with van der Waals surface area (Å²) >= 11 is 6.72. The van der Waals surface area contributed by atoms with E-state index < -0.39 is 0 Å². The Balaban J connectivity index is 1.60. The van der Waals surface area contributed by atoms with Gasteiger partial charge in [0.05, 0.1) is 17.6 Å². The minimum atomic E-state index is -0.0922. The Morgan fingerprint density at radius 2 is 1.82 bits per heavy atom. The molecule has 174 valence electrons. The normalized spacial score (nSPS) is 18.4. The van der Waals surface area contributed by atoms with Crippen molar-refractivity contribution in [2.24, 2.45) is 11.7 Å². The zero-order valence-electron chi connectivity index (χ0n) is 19.3. The summed E-state index contributed by atoms with van der Waals surface area (Å²) in [5.41, 5.74) is 10.3. The highest BCUT2D eigenvalue weighted by Gasteiger charge is 2.22. The van der Waals surface area contributed by atoms with Gasteiger partial charge in [-0.05, 0) is 57.6 Å². The molecule has 3 aromatic heterocycles. The van der Waals surface area contributed by atoms with Crippen molar-refractivity contribution in [3.63, 3.8) is 0 Å². The van der Waals surface area contributed by atoms with Crippen LogP contribution >= 0.6 is 11.6 Å². The Hall–Kier alpha value is -3.16. The van der Waals surface area contributed by atoms with Crippen molar-refractivity contribution in [2.75, 3.05) is 0 Å². The van der Waals surface area contributed by atoms with Crippen LogP contribution in [0.3, 0.4) is 0 Å². The number of benzene rings is 1. The maximum absolute atomic E-state index is 13.8. The summed E-state index contributed by atoms with van der Waals surface area (Å²) < 4.78 is 1.80. The minimum Gasteiger partial charge on any atom is -0.328 e. The van der Waals surface area contributed by atoms with Gasteiger partial charge in [0, 0.05) is 52.1 Å². The molecule has 1 fully saturated rings. The lowest BCUT2D eigenvalue weighted by atomic mass is 9.86. The van der Waals surface area contributed by atoms with E-state index in [1.165, 1.54) is 0 Å². The van der Waals surface area contributed by atoms with Crippen molar-refractivity contribution in [2.45, 2.75) is 52.1 Å². The summed E-state index contributed by atoms with van der Waals surface area (Å²) in [7, 11) is 0. The fourth-order valence-corrected chi connectivity index (χ4v) is 5.01. The van der Waals surface area contributed by atoms with E-state index in [9.17, 15) is 4.79 Å². The standard InChI is InChI=1S/C26H27ClN6O/c1-15-11-29-13-24(31-15)18-5-8-21(23(27)10-18)22-9-19-12-30-16(2)32-25(19)33(26(22)34)14-17-3-6-20(28)7-4-17/h5,8-13,17,20H,3-4,6-7,14,28H2,1-2H3/t17-,20-. The van der Waals surface area contributed by atoms with E-state index in [0.29, 0.717) is 40.1 Å². The minimum absolute atomic E-state index is 0.0922. The lowest BCUT2D eigenvalue weighted by Crippen LogP contribution is -2.31. The van der Waals surface area contributed by atoms with Crippen molar-refractivity contribution in [1.29, 1.82) is 0 Å². The monoisotopic (exact) mass is 474 g/mol. The van der Waals surface area contributed by atoms with Crippen LogP contribution in [0.25, 0.3) is 33.4 Å². The molecule has 1 saturated carbocycles. The molecule has 0 aliphatic heterocycles. The third kappa shape index (κ3) is 4.45. The van der Waals surface area contributed by atoms with Crippen molar-refractivity contribution in [3.8, 4) is 22.4 Å². The molecule has 1 aliphatic rings. The molecule has 0 saturated heterocycles. The number of aromatic nitrogens is 5. The summed E-state index contributed by atoms with van der Waals surface area (Å²) in [6, 6.07) is 7.74. The van der Waals surface area contributed by atoms with Gasteiger partial charge in [0.25, 0.3) is 5.56 Å². The molecule has 0 amide bonds. The van der Waals surface area contributed by atoms with Gasteiger partial charge in [-0.1, -0.05) is 23.7 Å². The summed E-state index contributed by atoms with van der Waals surface area (Å²) in [6.07, 6.45) is 9.18. The topological polar surface area (TPSA) is 99.6 Å². The Kier molecular flexibility index (Phi) is 6.15. The third-order valence-electron chi connectivity index (χ3n) is 6.59. The second-order valence-corrected chi connectivity index (χ2v) is 9.60. The Morgan fingerprint density at radius 1 is 1.03 bits per heavy atom. The molecule has 4 aromatic rings. The maximum atomic E-state index is 13.8. The number of rotatable bonds is 4. The van der Waals surface area contributed by atoms with E-state index in [2.05, 4.69) is 19.9 Å². The average Bonchev–Trinajstić information content (AvgIpc) is 2.82. The van der Waals surface area contributed by atoms with Crippen molar-refractivity contribution in [3.05, 3.63) is 69.8 Å². The number of nitrogens with zero attached hydrogens (tertiary/aromatic N) is 5. The van der Waals surface area contributed by atoms with Gasteiger partial charge < -0.3 is 5.73 Å². The van der Waals surface area contributed by atoms with Crippen LogP contribution in [0.4, 0.5) is 0 Å². The van der Waals surface area contributed by atoms with Gasteiger partial charge in [0.1, 0.15) is 11.5 Å². The predicted molar refractivity (Wildman–Crippen MR) is 135 cm³/mol. The van der Waals surface area contributed by atoms with Crippen LogP contribution in [-0.2, 0) is 6.54 Å². The molecule has 1 aliphatic carbocycles. The van der Waals surface area contributed by atoms with Crippen LogP contribution in [-0.4, -0.2) is 30.5 Å². The number of fused-ring (bicyclic) bond motifs is 1. The first kappa shape index (κ1) is 22.6. The third-order valence-corrected chi connectivity index (χ3v) is 6.90. The average molecular weight is 475 g/mol. The fourth-order valence-electron chi connectivity index (χ4n) is 4.73. The lowest BCUT2D eigenvalue weighted by Gasteiger charge is -2.27. The number of hydrogen-bond donors (Lipinski definition) is 1. The van der Waals surface area contributed by atoms with E-state index >= 15 is 0 Å². The van der Waals surface area contributed by atoms with E-state index in [-0.39, 0.29) is 11.6 Å². The summed E-state index contributed by atoms with van der Waals surface area (Å²) in [6.45, 7) is 4.35. The number of aryl methyl sites for hydroxylation is 2. The first-order valence-electron chi connectivity index (χ1n) is 11.6. The smallest absolute Gasteiger partial charge is 0.260 e. The van der Waals surface area contributed by atoms with Crippen LogP contribution in [0.1, 0.15) is 37.2 Å². The van der Waals surface area contributed by atoms with Crippen LogP contribution < -0.4 is 11.3 Å². The molecule has 34 heavy (non-hydrogen) atoms. The first-order chi connectivity index (χ1) is 16.4. The van der Waals surface area contributed by atoms with E-state index in [1.807, 2.05) is 38.1 Å². The molecule has 3 heterocycles. The molecule has 8 heteroatoms. The highest BCUT2D eigenvalue weighted by Crippen LogP contribution is 2.32. The Morgan fingerprint density at radius 3 is 2.56 bits per heavy atom. The summed E-state index contributed by atoms with van der Waals surface area (Å²) in [5.74, 6) is 1.03. The molecule has 7 nitrogen and oxygen atoms in total. The summed E-state index contributed by atoms with van der Waals surface area (Å²) in [4.78, 5) is 31.5. The van der Waals surface area contributed by atoms with Crippen molar-refractivity contribution >= 4 is 22.6 Å². The van der Waals surface area contributed by atoms with Crippen LogP contribution in [0.15, 0.2) is 47.7 Å². The predicted octanol–water partition coefficient (Wildman–Crippen LogP) is 4.70. The molecule has 0 atom stereocenters. The summed E-state index contributed by atoms with van der Waals surface area (Å²) in [5, 5.41) is 1.30. The highest BCUT2D eigenvalue weighted by atomic mass is 35.5. The SMILES string of the molecule is Cc1cncc(-c2ccc(-c3cc4cnc(C)nc4n(C[C@H]4CC[C@H](N)CC4)c3=O)c(Cl)c2)n1. The van der Waals surface area contributed by atoms with Gasteiger partial charge in [0.15, 0.2) is 0 Å². The molecular weight excluding hydrogens is 448 g/mol. The Labute approximate surface area is 203 Å². The van der Waals surface area contributed by atoms with Crippen molar-refractivity contribution < 1.29 is 0 Å². The second kappa shape index (κ2) is 9.24. The van der Waals surface area contributed by atoms with Crippen LogP contribution in [0, 0.1) is 19.8 Å². The first-order valence-corrected chi connectivity index (χ1v) is 12.0. The van der Waals surface area contributed by atoms with Gasteiger partial charge in [-0.3, -0.25) is 14.3 Å². The molecule has 5 rings (SSSR count). The Bertz CT molecular complexity index is 1420. The number of hydrogen-bond acceptors (Lipinski definition) is 6. The number of halogens is 1. The quantitative estimate of drug-likeness (QED) is 0.460. The van der Waals surface area contributed by atoms with E-state index in [0.717, 1.165) is 48.0 Å². The van der Waals surface area contributed by atoms with Crippen LogP contribution in [0.5, 0.6) is 0 Å². The molecule has 1 aromatic carbocycles. The van der Waals surface area contributed by atoms with E-state index in [4.69, 9.17) is 17.3 Å². The highest BCUT2D eigenvalue weighted by molar-refractivity contribution is 6.33. The van der Waals surface area contributed by atoms with Gasteiger partial charge in [0.2, 0.25) is 0 Å². The fraction of sp³-hybridized carbons (Fsp3) is 0.346. The zero-order chi connectivity index (χ0) is 23.8. The number of pyridine rings is 1. The van der Waals surface area contributed by atoms with Gasteiger partial charge in [-0.15, -0.1) is 0 Å². The van der Waals surface area contributed by atoms with Gasteiger partial charge >= 0.3 is 0 Å². The van der Waals surface area contributed by atoms with Gasteiger partial charge in [-0.25, -0.2) is 15.0 Å². The molecular formula is C26H27ClN6O. The maximum Gasteiger partial charge on any atom is 0.260 e. The van der Waals surface area contributed by atoms with Gasteiger partial charge in [-0.2, -0.15) is 0 Å². The molecule has 0 radical (unpaired) electrons. The number of nitrogens with two attached hydrogens (primary N) is 1. The lowest BCUT2D eigenvalue weighted by molar-refractivity contribution is 0.295. The zero-order valence-corrected chi connectivity index (χ0v) is 20.1. The van der Waals surface area contributed by atoms with E-state index in [1.54, 1.807) is 23.2 Å². The largest absolute Gasteiger partial charge is 0.328 e. The second-order valence-electron chi connectivity index (χ2n) is 9.19. The van der Waals surface area contributed by atoms with Crippen LogP contribution in [0.2, 0.25) is 5.02 Å².